The fourth-order valence-corrected chi connectivity index (χ4v) is 2.60. The quantitative estimate of drug-likeness (QED) is 0.855. The van der Waals surface area contributed by atoms with Crippen LogP contribution in [0.25, 0.3) is 0 Å². The van der Waals surface area contributed by atoms with Gasteiger partial charge in [0.25, 0.3) is 10.0 Å². The second kappa shape index (κ2) is 5.56. The molecular formula is C12H8N4O4S. The average molecular weight is 304 g/mol. The lowest BCUT2D eigenvalue weighted by Gasteiger charge is -2.08. The maximum absolute atomic E-state index is 12.2. The summed E-state index contributed by atoms with van der Waals surface area (Å²) in [6.07, 6.45) is 1.29. The van der Waals surface area contributed by atoms with E-state index in [4.69, 9.17) is 10.4 Å². The zero-order chi connectivity index (χ0) is 15.5. The summed E-state index contributed by atoms with van der Waals surface area (Å²) in [6, 6.07) is 8.14. The number of hydrogen-bond acceptors (Lipinski definition) is 6. The predicted molar refractivity (Wildman–Crippen MR) is 71.0 cm³/mol. The van der Waals surface area contributed by atoms with E-state index >= 15 is 0 Å². The van der Waals surface area contributed by atoms with Crippen LogP contribution in [-0.4, -0.2) is 29.5 Å². The fourth-order valence-electron chi connectivity index (χ4n) is 1.49. The Balaban J connectivity index is 2.41. The standard InChI is InChI=1S/C12H8N4O4S/c13-7-9-10(4-2-6-14-9)21(19,20)16-11-5-1-3-8(15-11)12(17)18/h1-6H,(H,15,16)(H,17,18). The lowest BCUT2D eigenvalue weighted by molar-refractivity contribution is 0.0690. The zero-order valence-electron chi connectivity index (χ0n) is 10.4. The number of nitrogens with zero attached hydrogens (tertiary/aromatic N) is 3. The van der Waals surface area contributed by atoms with Crippen molar-refractivity contribution in [3.05, 3.63) is 47.9 Å². The monoisotopic (exact) mass is 304 g/mol. The maximum atomic E-state index is 12.2. The molecule has 2 aromatic heterocycles. The molecule has 8 nitrogen and oxygen atoms in total. The number of pyridine rings is 2. The minimum atomic E-state index is -4.09. The van der Waals surface area contributed by atoms with Crippen LogP contribution in [0.4, 0.5) is 5.82 Å². The molecule has 0 aliphatic rings. The van der Waals surface area contributed by atoms with Crippen LogP contribution in [0.15, 0.2) is 41.4 Å². The Morgan fingerprint density at radius 3 is 2.71 bits per heavy atom. The Morgan fingerprint density at radius 2 is 2.05 bits per heavy atom. The highest BCUT2D eigenvalue weighted by Gasteiger charge is 2.20. The summed E-state index contributed by atoms with van der Waals surface area (Å²) >= 11 is 0. The molecule has 2 N–H and O–H groups in total. The van der Waals surface area contributed by atoms with Crippen LogP contribution < -0.4 is 4.72 Å². The molecule has 2 aromatic rings. The van der Waals surface area contributed by atoms with Gasteiger partial charge in [0.05, 0.1) is 0 Å². The number of aromatic nitrogens is 2. The smallest absolute Gasteiger partial charge is 0.354 e. The van der Waals surface area contributed by atoms with E-state index in [1.54, 1.807) is 6.07 Å². The number of anilines is 1. The molecule has 0 atom stereocenters. The van der Waals surface area contributed by atoms with Crippen LogP contribution in [0.1, 0.15) is 16.2 Å². The van der Waals surface area contributed by atoms with Gasteiger partial charge in [-0.15, -0.1) is 0 Å². The van der Waals surface area contributed by atoms with Gasteiger partial charge < -0.3 is 5.11 Å². The maximum Gasteiger partial charge on any atom is 0.354 e. The van der Waals surface area contributed by atoms with E-state index in [-0.39, 0.29) is 22.1 Å². The van der Waals surface area contributed by atoms with E-state index in [0.717, 1.165) is 0 Å². The Kier molecular flexibility index (Phi) is 3.82. The summed E-state index contributed by atoms with van der Waals surface area (Å²) in [4.78, 5) is 17.8. The first kappa shape index (κ1) is 14.4. The second-order valence-electron chi connectivity index (χ2n) is 3.78. The number of rotatable bonds is 4. The van der Waals surface area contributed by atoms with Gasteiger partial charge >= 0.3 is 5.97 Å². The molecular weight excluding hydrogens is 296 g/mol. The van der Waals surface area contributed by atoms with Gasteiger partial charge in [-0.05, 0) is 24.3 Å². The molecule has 2 heterocycles. The van der Waals surface area contributed by atoms with Gasteiger partial charge in [0.15, 0.2) is 11.4 Å². The average Bonchev–Trinajstić information content (AvgIpc) is 2.47. The molecule has 106 valence electrons. The third-order valence-electron chi connectivity index (χ3n) is 2.37. The molecule has 0 saturated heterocycles. The topological polar surface area (TPSA) is 133 Å². The molecule has 0 fully saturated rings. The second-order valence-corrected chi connectivity index (χ2v) is 5.43. The summed E-state index contributed by atoms with van der Waals surface area (Å²) in [5.41, 5.74) is -0.568. The number of carbonyl (C=O) groups is 1. The Hall–Kier alpha value is -2.99. The van der Waals surface area contributed by atoms with Gasteiger partial charge in [-0.1, -0.05) is 6.07 Å². The normalized spacial score (nSPS) is 10.6. The van der Waals surface area contributed by atoms with Crippen LogP contribution in [0.2, 0.25) is 0 Å². The number of nitriles is 1. The number of nitrogens with one attached hydrogen (secondary N) is 1. The van der Waals surface area contributed by atoms with E-state index in [9.17, 15) is 13.2 Å². The lowest BCUT2D eigenvalue weighted by atomic mass is 10.3. The van der Waals surface area contributed by atoms with Gasteiger partial charge in [-0.2, -0.15) is 5.26 Å². The number of carboxylic acid groups (broad SMARTS) is 1. The SMILES string of the molecule is N#Cc1ncccc1S(=O)(=O)Nc1cccc(C(=O)O)n1. The predicted octanol–water partition coefficient (Wildman–Crippen LogP) is 0.847. The molecule has 0 amide bonds. The molecule has 0 aliphatic heterocycles. The van der Waals surface area contributed by atoms with E-state index in [2.05, 4.69) is 14.7 Å². The number of carboxylic acids is 1. The van der Waals surface area contributed by atoms with Crippen molar-refractivity contribution in [2.45, 2.75) is 4.90 Å². The van der Waals surface area contributed by atoms with Crippen molar-refractivity contribution in [3.63, 3.8) is 0 Å². The number of aromatic carboxylic acids is 1. The Morgan fingerprint density at radius 1 is 1.29 bits per heavy atom. The van der Waals surface area contributed by atoms with E-state index < -0.39 is 16.0 Å². The van der Waals surface area contributed by atoms with Crippen molar-refractivity contribution in [1.29, 1.82) is 5.26 Å². The van der Waals surface area contributed by atoms with Crippen molar-refractivity contribution in [1.82, 2.24) is 9.97 Å². The molecule has 0 aliphatic carbocycles. The van der Waals surface area contributed by atoms with Crippen molar-refractivity contribution in [3.8, 4) is 6.07 Å². The molecule has 0 spiro atoms. The van der Waals surface area contributed by atoms with Crippen LogP contribution in [0, 0.1) is 11.3 Å². The first-order valence-corrected chi connectivity index (χ1v) is 7.00. The highest BCUT2D eigenvalue weighted by Crippen LogP contribution is 2.16. The summed E-state index contributed by atoms with van der Waals surface area (Å²) in [7, 11) is -4.09. The number of hydrogen-bond donors (Lipinski definition) is 2. The van der Waals surface area contributed by atoms with Crippen LogP contribution in [-0.2, 0) is 10.0 Å². The molecule has 0 bridgehead atoms. The van der Waals surface area contributed by atoms with E-state index in [0.29, 0.717) is 0 Å². The van der Waals surface area contributed by atoms with Gasteiger partial charge in [0.2, 0.25) is 0 Å². The lowest BCUT2D eigenvalue weighted by Crippen LogP contribution is -2.16. The van der Waals surface area contributed by atoms with Crippen molar-refractivity contribution < 1.29 is 18.3 Å². The fraction of sp³-hybridized carbons (Fsp3) is 0. The Bertz CT molecular complexity index is 842. The van der Waals surface area contributed by atoms with Gasteiger partial charge in [-0.3, -0.25) is 4.72 Å². The van der Waals surface area contributed by atoms with Crippen molar-refractivity contribution in [2.75, 3.05) is 4.72 Å². The molecule has 21 heavy (non-hydrogen) atoms. The molecule has 0 radical (unpaired) electrons. The zero-order valence-corrected chi connectivity index (χ0v) is 11.2. The van der Waals surface area contributed by atoms with E-state index in [1.807, 2.05) is 0 Å². The van der Waals surface area contributed by atoms with Crippen molar-refractivity contribution in [2.24, 2.45) is 0 Å². The summed E-state index contributed by atoms with van der Waals surface area (Å²) < 4.78 is 26.5. The third kappa shape index (κ3) is 3.13. The largest absolute Gasteiger partial charge is 0.477 e. The first-order valence-electron chi connectivity index (χ1n) is 5.52. The molecule has 2 rings (SSSR count). The molecule has 0 aromatic carbocycles. The summed E-state index contributed by atoms with van der Waals surface area (Å²) in [5.74, 6) is -1.45. The van der Waals surface area contributed by atoms with Gasteiger partial charge in [0, 0.05) is 6.20 Å². The van der Waals surface area contributed by atoms with Crippen molar-refractivity contribution >= 4 is 21.8 Å². The minimum Gasteiger partial charge on any atom is -0.477 e. The highest BCUT2D eigenvalue weighted by atomic mass is 32.2. The van der Waals surface area contributed by atoms with E-state index in [1.165, 1.54) is 36.5 Å². The third-order valence-corrected chi connectivity index (χ3v) is 3.76. The molecule has 0 saturated carbocycles. The van der Waals surface area contributed by atoms with Crippen LogP contribution >= 0.6 is 0 Å². The first-order chi connectivity index (χ1) is 9.94. The Labute approximate surface area is 119 Å². The van der Waals surface area contributed by atoms with Gasteiger partial charge in [-0.25, -0.2) is 23.2 Å². The van der Waals surface area contributed by atoms with Gasteiger partial charge in [0.1, 0.15) is 16.8 Å². The molecule has 0 unspecified atom stereocenters. The molecule has 9 heteroatoms. The highest BCUT2D eigenvalue weighted by molar-refractivity contribution is 7.92. The summed E-state index contributed by atoms with van der Waals surface area (Å²) in [6.45, 7) is 0. The van der Waals surface area contributed by atoms with Crippen LogP contribution in [0.3, 0.4) is 0 Å². The minimum absolute atomic E-state index is 0.164. The number of sulfonamides is 1. The van der Waals surface area contributed by atoms with Crippen LogP contribution in [0.5, 0.6) is 0 Å². The summed E-state index contributed by atoms with van der Waals surface area (Å²) in [5, 5.41) is 17.7.